The van der Waals surface area contributed by atoms with E-state index in [-0.39, 0.29) is 17.2 Å². The summed E-state index contributed by atoms with van der Waals surface area (Å²) in [6, 6.07) is 7.72. The lowest BCUT2D eigenvalue weighted by atomic mass is 10.2. The summed E-state index contributed by atoms with van der Waals surface area (Å²) in [5, 5.41) is 12.3. The summed E-state index contributed by atoms with van der Waals surface area (Å²) in [6.45, 7) is 3.83. The first-order chi connectivity index (χ1) is 13.5. The lowest BCUT2D eigenvalue weighted by molar-refractivity contribution is -0.113. The zero-order valence-electron chi connectivity index (χ0n) is 15.3. The van der Waals surface area contributed by atoms with Gasteiger partial charge in [0.2, 0.25) is 11.0 Å². The molecule has 28 heavy (non-hydrogen) atoms. The SMILES string of the molecule is Cc1ccc(-n2c(SCC(=O)Nc3nnc(C)s3)nc3c(c2=O)SCC3)cc1. The first-order valence-corrected chi connectivity index (χ1v) is 11.4. The third kappa shape index (κ3) is 3.98. The molecule has 0 aliphatic carbocycles. The van der Waals surface area contributed by atoms with Crippen LogP contribution < -0.4 is 10.9 Å². The fraction of sp³-hybridized carbons (Fsp3) is 0.278. The molecule has 0 fully saturated rings. The minimum absolute atomic E-state index is 0.0704. The van der Waals surface area contributed by atoms with Crippen molar-refractivity contribution in [1.29, 1.82) is 0 Å². The van der Waals surface area contributed by atoms with E-state index in [0.29, 0.717) is 15.2 Å². The van der Waals surface area contributed by atoms with Gasteiger partial charge in [-0.3, -0.25) is 19.5 Å². The molecule has 0 saturated carbocycles. The van der Waals surface area contributed by atoms with Crippen LogP contribution >= 0.6 is 34.9 Å². The molecule has 7 nitrogen and oxygen atoms in total. The quantitative estimate of drug-likeness (QED) is 0.490. The van der Waals surface area contributed by atoms with E-state index < -0.39 is 0 Å². The monoisotopic (exact) mass is 431 g/mol. The summed E-state index contributed by atoms with van der Waals surface area (Å²) in [6.07, 6.45) is 0.772. The number of amides is 1. The van der Waals surface area contributed by atoms with Gasteiger partial charge >= 0.3 is 0 Å². The number of hydrogen-bond donors (Lipinski definition) is 1. The van der Waals surface area contributed by atoms with Crippen LogP contribution in [0.15, 0.2) is 39.1 Å². The molecule has 0 saturated heterocycles. The van der Waals surface area contributed by atoms with Gasteiger partial charge in [-0.05, 0) is 26.0 Å². The lowest BCUT2D eigenvalue weighted by Crippen LogP contribution is -2.24. The molecule has 3 aromatic rings. The Bertz CT molecular complexity index is 1090. The number of rotatable bonds is 5. The van der Waals surface area contributed by atoms with Gasteiger partial charge in [0.25, 0.3) is 5.56 Å². The lowest BCUT2D eigenvalue weighted by Gasteiger charge is -2.13. The van der Waals surface area contributed by atoms with Crippen LogP contribution in [0.1, 0.15) is 16.3 Å². The van der Waals surface area contributed by atoms with Crippen LogP contribution in [-0.4, -0.2) is 37.2 Å². The van der Waals surface area contributed by atoms with Gasteiger partial charge in [0.15, 0.2) is 5.16 Å². The summed E-state index contributed by atoms with van der Waals surface area (Å²) in [5.74, 6) is 0.778. The molecular weight excluding hydrogens is 414 g/mol. The second kappa shape index (κ2) is 8.06. The van der Waals surface area contributed by atoms with Crippen LogP contribution in [0, 0.1) is 13.8 Å². The average molecular weight is 432 g/mol. The Labute approximate surface area is 174 Å². The molecule has 1 aliphatic rings. The molecule has 1 N–H and O–H groups in total. The van der Waals surface area contributed by atoms with Crippen LogP contribution in [0.5, 0.6) is 0 Å². The Kier molecular flexibility index (Phi) is 5.51. The number of aromatic nitrogens is 4. The van der Waals surface area contributed by atoms with E-state index in [4.69, 9.17) is 4.98 Å². The van der Waals surface area contributed by atoms with Crippen LogP contribution in [0.25, 0.3) is 5.69 Å². The van der Waals surface area contributed by atoms with Crippen molar-refractivity contribution in [2.45, 2.75) is 30.3 Å². The largest absolute Gasteiger partial charge is 0.300 e. The van der Waals surface area contributed by atoms with E-state index in [1.54, 1.807) is 16.3 Å². The topological polar surface area (TPSA) is 89.8 Å². The molecule has 4 rings (SSSR count). The van der Waals surface area contributed by atoms with Crippen molar-refractivity contribution in [2.75, 3.05) is 16.8 Å². The highest BCUT2D eigenvalue weighted by molar-refractivity contribution is 8.00. The zero-order chi connectivity index (χ0) is 19.7. The summed E-state index contributed by atoms with van der Waals surface area (Å²) in [5.41, 5.74) is 2.61. The molecule has 1 amide bonds. The van der Waals surface area contributed by atoms with Crippen molar-refractivity contribution in [1.82, 2.24) is 19.7 Å². The maximum absolute atomic E-state index is 13.1. The Morgan fingerprint density at radius 3 is 2.75 bits per heavy atom. The maximum Gasteiger partial charge on any atom is 0.272 e. The fourth-order valence-electron chi connectivity index (χ4n) is 2.74. The summed E-state index contributed by atoms with van der Waals surface area (Å²) in [4.78, 5) is 30.8. The standard InChI is InChI=1S/C18H17N5O2S3/c1-10-3-5-12(6-4-10)23-16(25)15-13(7-8-26-15)19-18(23)27-9-14(24)20-17-22-21-11(2)28-17/h3-6H,7-9H2,1-2H3,(H,20,22,24). The number of fused-ring (bicyclic) bond motifs is 1. The molecule has 1 aromatic carbocycles. The third-order valence-corrected chi connectivity index (χ3v) is 6.86. The van der Waals surface area contributed by atoms with E-state index in [0.717, 1.165) is 34.1 Å². The molecular formula is C18H17N5O2S3. The molecule has 3 heterocycles. The van der Waals surface area contributed by atoms with Gasteiger partial charge < -0.3 is 0 Å². The smallest absolute Gasteiger partial charge is 0.272 e. The van der Waals surface area contributed by atoms with Crippen LogP contribution in [0.2, 0.25) is 0 Å². The van der Waals surface area contributed by atoms with Crippen molar-refractivity contribution in [3.05, 3.63) is 50.9 Å². The average Bonchev–Trinajstić information content (AvgIpc) is 3.30. The molecule has 0 atom stereocenters. The second-order valence-corrected chi connectivity index (χ2v) is 9.44. The molecule has 0 radical (unpaired) electrons. The summed E-state index contributed by atoms with van der Waals surface area (Å²) in [7, 11) is 0. The first-order valence-electron chi connectivity index (χ1n) is 8.60. The van der Waals surface area contributed by atoms with E-state index in [2.05, 4.69) is 15.5 Å². The Morgan fingerprint density at radius 2 is 2.04 bits per heavy atom. The Hall–Kier alpha value is -2.17. The highest BCUT2D eigenvalue weighted by Gasteiger charge is 2.23. The van der Waals surface area contributed by atoms with Crippen molar-refractivity contribution in [3.63, 3.8) is 0 Å². The van der Waals surface area contributed by atoms with Crippen molar-refractivity contribution < 1.29 is 4.79 Å². The van der Waals surface area contributed by atoms with Gasteiger partial charge in [-0.25, -0.2) is 4.98 Å². The van der Waals surface area contributed by atoms with E-state index in [9.17, 15) is 9.59 Å². The highest BCUT2D eigenvalue weighted by Crippen LogP contribution is 2.30. The van der Waals surface area contributed by atoms with Gasteiger partial charge in [-0.15, -0.1) is 22.0 Å². The normalized spacial score (nSPS) is 12.8. The molecule has 2 aromatic heterocycles. The number of carbonyl (C=O) groups excluding carboxylic acids is 1. The third-order valence-electron chi connectivity index (χ3n) is 4.06. The molecule has 0 bridgehead atoms. The summed E-state index contributed by atoms with van der Waals surface area (Å²) >= 11 is 4.11. The molecule has 0 unspecified atom stereocenters. The van der Waals surface area contributed by atoms with Crippen LogP contribution in [-0.2, 0) is 11.2 Å². The minimum atomic E-state index is -0.208. The van der Waals surface area contributed by atoms with Gasteiger partial charge in [0.05, 0.1) is 22.0 Å². The predicted octanol–water partition coefficient (Wildman–Crippen LogP) is 3.08. The first kappa shape index (κ1) is 19.2. The van der Waals surface area contributed by atoms with Gasteiger partial charge in [-0.1, -0.05) is 40.8 Å². The van der Waals surface area contributed by atoms with E-state index in [1.807, 2.05) is 38.1 Å². The fourth-order valence-corrected chi connectivity index (χ4v) is 5.20. The van der Waals surface area contributed by atoms with Gasteiger partial charge in [0.1, 0.15) is 5.01 Å². The number of thioether (sulfide) groups is 2. The molecule has 10 heteroatoms. The number of nitrogens with one attached hydrogen (secondary N) is 1. The minimum Gasteiger partial charge on any atom is -0.300 e. The highest BCUT2D eigenvalue weighted by atomic mass is 32.2. The van der Waals surface area contributed by atoms with Gasteiger partial charge in [-0.2, -0.15) is 0 Å². The zero-order valence-corrected chi connectivity index (χ0v) is 17.7. The Morgan fingerprint density at radius 1 is 1.25 bits per heavy atom. The molecule has 1 aliphatic heterocycles. The number of aryl methyl sites for hydroxylation is 3. The summed E-state index contributed by atoms with van der Waals surface area (Å²) < 4.78 is 1.60. The molecule has 0 spiro atoms. The number of benzene rings is 1. The Balaban J connectivity index is 1.62. The number of hydrogen-bond acceptors (Lipinski definition) is 8. The van der Waals surface area contributed by atoms with E-state index >= 15 is 0 Å². The number of carbonyl (C=O) groups is 1. The van der Waals surface area contributed by atoms with Crippen molar-refractivity contribution >= 4 is 45.9 Å². The van der Waals surface area contributed by atoms with E-state index in [1.165, 1.54) is 23.1 Å². The van der Waals surface area contributed by atoms with Crippen molar-refractivity contribution in [2.24, 2.45) is 0 Å². The van der Waals surface area contributed by atoms with Gasteiger partial charge in [0, 0.05) is 12.2 Å². The predicted molar refractivity (Wildman–Crippen MR) is 113 cm³/mol. The maximum atomic E-state index is 13.1. The van der Waals surface area contributed by atoms with Crippen LogP contribution in [0.3, 0.4) is 0 Å². The second-order valence-electron chi connectivity index (χ2n) is 6.21. The van der Waals surface area contributed by atoms with Crippen molar-refractivity contribution in [3.8, 4) is 5.69 Å². The van der Waals surface area contributed by atoms with Crippen LogP contribution in [0.4, 0.5) is 5.13 Å². The number of nitrogens with zero attached hydrogens (tertiary/aromatic N) is 4. The number of anilines is 1. The molecule has 144 valence electrons.